The first kappa shape index (κ1) is 34.4. The van der Waals surface area contributed by atoms with E-state index < -0.39 is 30.5 Å². The van der Waals surface area contributed by atoms with Crippen LogP contribution in [0.3, 0.4) is 0 Å². The molecule has 11 heteroatoms. The first-order valence-electron chi connectivity index (χ1n) is 14.7. The standard InChI is InChI=1S/C34H38O11/c1-3-5-12-40-32(37)22-43-28-15-25(14-27(18-28)34(39)45-20-24-10-8-7-9-11-24)26-16-29(42-21-31(35)36)19-30(17-26)44-23-33(38)41-13-6-4-2/h7-11,14-19H,3-6,12-13,20-23H2,1-2H3,(H,35,36). The molecule has 0 amide bonds. The van der Waals surface area contributed by atoms with Crippen LogP contribution in [0.25, 0.3) is 11.1 Å². The van der Waals surface area contributed by atoms with E-state index >= 15 is 0 Å². The van der Waals surface area contributed by atoms with Gasteiger partial charge in [-0.2, -0.15) is 0 Å². The molecule has 0 fully saturated rings. The lowest BCUT2D eigenvalue weighted by atomic mass is 10.0. The van der Waals surface area contributed by atoms with Crippen LogP contribution < -0.4 is 14.2 Å². The highest BCUT2D eigenvalue weighted by Crippen LogP contribution is 2.33. The summed E-state index contributed by atoms with van der Waals surface area (Å²) in [6, 6.07) is 18.3. The van der Waals surface area contributed by atoms with Gasteiger partial charge in [0.05, 0.1) is 18.8 Å². The molecule has 11 nitrogen and oxygen atoms in total. The number of carbonyl (C=O) groups excluding carboxylic acids is 3. The summed E-state index contributed by atoms with van der Waals surface area (Å²) in [4.78, 5) is 48.6. The quantitative estimate of drug-likeness (QED) is 0.101. The Morgan fingerprint density at radius 1 is 0.622 bits per heavy atom. The summed E-state index contributed by atoms with van der Waals surface area (Å²) < 4.78 is 32.6. The molecular weight excluding hydrogens is 584 g/mol. The molecule has 0 saturated carbocycles. The van der Waals surface area contributed by atoms with Gasteiger partial charge in [0.15, 0.2) is 19.8 Å². The second kappa shape index (κ2) is 18.6. The number of hydrogen-bond acceptors (Lipinski definition) is 10. The Bertz CT molecular complexity index is 1420. The van der Waals surface area contributed by atoms with Gasteiger partial charge in [-0.3, -0.25) is 0 Å². The largest absolute Gasteiger partial charge is 0.482 e. The average molecular weight is 623 g/mol. The fourth-order valence-electron chi connectivity index (χ4n) is 3.85. The molecule has 0 aromatic heterocycles. The van der Waals surface area contributed by atoms with Gasteiger partial charge in [0, 0.05) is 6.07 Å². The maximum atomic E-state index is 13.1. The van der Waals surface area contributed by atoms with Crippen LogP contribution in [0.2, 0.25) is 0 Å². The molecule has 0 heterocycles. The summed E-state index contributed by atoms with van der Waals surface area (Å²) in [5, 5.41) is 9.12. The number of rotatable bonds is 19. The van der Waals surface area contributed by atoms with Gasteiger partial charge < -0.3 is 33.5 Å². The number of carboxylic acid groups (broad SMARTS) is 1. The van der Waals surface area contributed by atoms with Crippen molar-refractivity contribution in [2.45, 2.75) is 46.1 Å². The minimum atomic E-state index is -1.19. The lowest BCUT2D eigenvalue weighted by Gasteiger charge is -2.14. The van der Waals surface area contributed by atoms with Crippen LogP contribution in [0.15, 0.2) is 66.7 Å². The lowest BCUT2D eigenvalue weighted by molar-refractivity contribution is -0.146. The Balaban J connectivity index is 1.91. The first-order valence-corrected chi connectivity index (χ1v) is 14.7. The van der Waals surface area contributed by atoms with Gasteiger partial charge >= 0.3 is 23.9 Å². The fourth-order valence-corrected chi connectivity index (χ4v) is 3.85. The van der Waals surface area contributed by atoms with E-state index in [1.807, 2.05) is 44.2 Å². The van der Waals surface area contributed by atoms with Gasteiger partial charge in [-0.05, 0) is 59.9 Å². The van der Waals surface area contributed by atoms with E-state index in [1.54, 1.807) is 24.3 Å². The van der Waals surface area contributed by atoms with E-state index in [1.165, 1.54) is 12.1 Å². The molecule has 0 spiro atoms. The van der Waals surface area contributed by atoms with Gasteiger partial charge in [0.25, 0.3) is 0 Å². The van der Waals surface area contributed by atoms with Crippen molar-refractivity contribution in [2.75, 3.05) is 33.0 Å². The zero-order valence-electron chi connectivity index (χ0n) is 25.5. The molecule has 0 aliphatic rings. The molecule has 0 saturated heterocycles. The molecule has 3 rings (SSSR count). The summed E-state index contributed by atoms with van der Waals surface area (Å²) in [6.45, 7) is 3.14. The number of esters is 3. The third-order valence-corrected chi connectivity index (χ3v) is 6.17. The van der Waals surface area contributed by atoms with Crippen LogP contribution in [0.4, 0.5) is 0 Å². The SMILES string of the molecule is CCCCOC(=O)COc1cc(OCC(=O)O)cc(-c2cc(OCC(=O)OCCCC)cc(C(=O)OCc3ccccc3)c2)c1. The molecule has 0 bridgehead atoms. The van der Waals surface area contributed by atoms with E-state index in [0.717, 1.165) is 31.2 Å². The number of carboxylic acids is 1. The summed E-state index contributed by atoms with van der Waals surface area (Å²) in [5.74, 6) is -2.43. The van der Waals surface area contributed by atoms with Gasteiger partial charge in [-0.15, -0.1) is 0 Å². The van der Waals surface area contributed by atoms with Gasteiger partial charge in [0.1, 0.15) is 23.9 Å². The highest BCUT2D eigenvalue weighted by molar-refractivity contribution is 5.92. The lowest BCUT2D eigenvalue weighted by Crippen LogP contribution is -2.16. The minimum Gasteiger partial charge on any atom is -0.482 e. The van der Waals surface area contributed by atoms with Crippen molar-refractivity contribution in [3.63, 3.8) is 0 Å². The van der Waals surface area contributed by atoms with Crippen molar-refractivity contribution in [1.82, 2.24) is 0 Å². The molecular formula is C34H38O11. The van der Waals surface area contributed by atoms with Crippen molar-refractivity contribution >= 4 is 23.9 Å². The van der Waals surface area contributed by atoms with E-state index in [2.05, 4.69) is 0 Å². The zero-order valence-corrected chi connectivity index (χ0v) is 25.5. The predicted octanol–water partition coefficient (Wildman–Crippen LogP) is 5.62. The monoisotopic (exact) mass is 622 g/mol. The van der Waals surface area contributed by atoms with Gasteiger partial charge in [0.2, 0.25) is 0 Å². The number of hydrogen-bond donors (Lipinski definition) is 1. The van der Waals surface area contributed by atoms with Crippen LogP contribution in [-0.2, 0) is 35.2 Å². The van der Waals surface area contributed by atoms with Crippen molar-refractivity contribution in [1.29, 1.82) is 0 Å². The number of unbranched alkanes of at least 4 members (excludes halogenated alkanes) is 2. The Morgan fingerprint density at radius 2 is 1.13 bits per heavy atom. The number of benzene rings is 3. The summed E-state index contributed by atoms with van der Waals surface area (Å²) in [5.41, 5.74) is 1.82. The Hall–Kier alpha value is -5.06. The molecule has 0 aliphatic heterocycles. The second-order valence-corrected chi connectivity index (χ2v) is 9.91. The predicted molar refractivity (Wildman–Crippen MR) is 163 cm³/mol. The molecule has 0 aliphatic carbocycles. The summed E-state index contributed by atoms with van der Waals surface area (Å²) >= 11 is 0. The zero-order chi connectivity index (χ0) is 32.4. The van der Waals surface area contributed by atoms with E-state index in [4.69, 9.17) is 33.5 Å². The summed E-state index contributed by atoms with van der Waals surface area (Å²) in [6.07, 6.45) is 3.18. The average Bonchev–Trinajstić information content (AvgIpc) is 3.05. The molecule has 45 heavy (non-hydrogen) atoms. The minimum absolute atomic E-state index is 0.0364. The van der Waals surface area contributed by atoms with Crippen LogP contribution in [0, 0.1) is 0 Å². The van der Waals surface area contributed by atoms with Gasteiger partial charge in [-0.25, -0.2) is 19.2 Å². The Morgan fingerprint density at radius 3 is 1.67 bits per heavy atom. The van der Waals surface area contributed by atoms with E-state index in [-0.39, 0.29) is 55.8 Å². The highest BCUT2D eigenvalue weighted by atomic mass is 16.6. The number of carbonyl (C=O) groups is 4. The molecule has 240 valence electrons. The van der Waals surface area contributed by atoms with Gasteiger partial charge in [-0.1, -0.05) is 57.0 Å². The maximum absolute atomic E-state index is 13.1. The second-order valence-electron chi connectivity index (χ2n) is 9.91. The molecule has 0 radical (unpaired) electrons. The smallest absolute Gasteiger partial charge is 0.344 e. The topological polar surface area (TPSA) is 144 Å². The van der Waals surface area contributed by atoms with Crippen LogP contribution in [0.5, 0.6) is 17.2 Å². The third kappa shape index (κ3) is 12.6. The third-order valence-electron chi connectivity index (χ3n) is 6.17. The molecule has 0 atom stereocenters. The maximum Gasteiger partial charge on any atom is 0.344 e. The van der Waals surface area contributed by atoms with Crippen molar-refractivity contribution in [3.8, 4) is 28.4 Å². The van der Waals surface area contributed by atoms with Crippen LogP contribution in [-0.4, -0.2) is 62.0 Å². The van der Waals surface area contributed by atoms with Crippen molar-refractivity contribution in [3.05, 3.63) is 77.9 Å². The Labute approximate surface area is 262 Å². The van der Waals surface area contributed by atoms with Crippen molar-refractivity contribution < 1.29 is 52.7 Å². The fraction of sp³-hybridized carbons (Fsp3) is 0.353. The molecule has 0 unspecified atom stereocenters. The molecule has 3 aromatic carbocycles. The molecule has 3 aromatic rings. The highest BCUT2D eigenvalue weighted by Gasteiger charge is 2.16. The molecule has 1 N–H and O–H groups in total. The summed E-state index contributed by atoms with van der Waals surface area (Å²) in [7, 11) is 0. The number of aliphatic carboxylic acids is 1. The van der Waals surface area contributed by atoms with Crippen LogP contribution in [0.1, 0.15) is 55.5 Å². The van der Waals surface area contributed by atoms with E-state index in [9.17, 15) is 19.2 Å². The first-order chi connectivity index (χ1) is 21.8. The van der Waals surface area contributed by atoms with Crippen LogP contribution >= 0.6 is 0 Å². The number of ether oxygens (including phenoxy) is 6. The van der Waals surface area contributed by atoms with Crippen molar-refractivity contribution in [2.24, 2.45) is 0 Å². The normalized spacial score (nSPS) is 10.4. The Kier molecular flexibility index (Phi) is 14.2. The van der Waals surface area contributed by atoms with E-state index in [0.29, 0.717) is 11.1 Å².